The van der Waals surface area contributed by atoms with Crippen LogP contribution in [0.15, 0.2) is 53.3 Å². The maximum absolute atomic E-state index is 13.2. The number of benzene rings is 2. The average molecular weight is 364 g/mol. The van der Waals surface area contributed by atoms with Gasteiger partial charge in [0.05, 0.1) is 0 Å². The first-order valence-electron chi connectivity index (χ1n) is 8.31. The largest absolute Gasteiger partial charge is 0.486 e. The predicted octanol–water partition coefficient (Wildman–Crippen LogP) is 3.94. The van der Waals surface area contributed by atoms with E-state index in [1.54, 1.807) is 12.1 Å². The summed E-state index contributed by atoms with van der Waals surface area (Å²) in [6.45, 7) is 1.04. The number of hydrogen-bond acceptors (Lipinski definition) is 7. The SMILES string of the molecule is Fc1ccc(-c2noc3ncnc(Nc4ccc5c(c4)OCCO5)c23)cc1. The Labute approximate surface area is 152 Å². The third-order valence-electron chi connectivity index (χ3n) is 4.20. The Kier molecular flexibility index (Phi) is 3.60. The smallest absolute Gasteiger partial charge is 0.263 e. The zero-order chi connectivity index (χ0) is 18.2. The molecule has 1 aliphatic heterocycles. The van der Waals surface area contributed by atoms with Crippen LogP contribution < -0.4 is 14.8 Å². The topological polar surface area (TPSA) is 82.3 Å². The maximum atomic E-state index is 13.2. The monoisotopic (exact) mass is 364 g/mol. The van der Waals surface area contributed by atoms with Crippen LogP contribution in [-0.2, 0) is 0 Å². The van der Waals surface area contributed by atoms with Crippen LogP contribution in [0.1, 0.15) is 0 Å². The molecule has 1 N–H and O–H groups in total. The van der Waals surface area contributed by atoms with Crippen molar-refractivity contribution in [3.63, 3.8) is 0 Å². The van der Waals surface area contributed by atoms with E-state index in [0.717, 1.165) is 5.69 Å². The van der Waals surface area contributed by atoms with E-state index in [9.17, 15) is 4.39 Å². The van der Waals surface area contributed by atoms with E-state index in [2.05, 4.69) is 20.4 Å². The van der Waals surface area contributed by atoms with Crippen LogP contribution in [0, 0.1) is 5.82 Å². The molecule has 0 atom stereocenters. The van der Waals surface area contributed by atoms with Crippen LogP contribution in [0.4, 0.5) is 15.9 Å². The van der Waals surface area contributed by atoms with Crippen LogP contribution in [0.3, 0.4) is 0 Å². The molecule has 8 heteroatoms. The van der Waals surface area contributed by atoms with Gasteiger partial charge in [-0.1, -0.05) is 5.16 Å². The quantitative estimate of drug-likeness (QED) is 0.589. The van der Waals surface area contributed by atoms with Crippen molar-refractivity contribution in [2.24, 2.45) is 0 Å². The summed E-state index contributed by atoms with van der Waals surface area (Å²) in [6, 6.07) is 11.5. The van der Waals surface area contributed by atoms with Crippen molar-refractivity contribution >= 4 is 22.6 Å². The van der Waals surface area contributed by atoms with Crippen molar-refractivity contribution in [3.05, 3.63) is 54.6 Å². The van der Waals surface area contributed by atoms with E-state index >= 15 is 0 Å². The van der Waals surface area contributed by atoms with E-state index in [1.807, 2.05) is 18.2 Å². The number of halogens is 1. The number of anilines is 2. The lowest BCUT2D eigenvalue weighted by Crippen LogP contribution is -2.15. The van der Waals surface area contributed by atoms with Gasteiger partial charge in [-0.3, -0.25) is 0 Å². The van der Waals surface area contributed by atoms with Crippen LogP contribution in [-0.4, -0.2) is 28.3 Å². The summed E-state index contributed by atoms with van der Waals surface area (Å²) in [5.74, 6) is 1.58. The van der Waals surface area contributed by atoms with Crippen molar-refractivity contribution in [1.82, 2.24) is 15.1 Å². The predicted molar refractivity (Wildman–Crippen MR) is 95.7 cm³/mol. The second kappa shape index (κ2) is 6.24. The van der Waals surface area contributed by atoms with Gasteiger partial charge in [0.15, 0.2) is 11.5 Å². The fourth-order valence-corrected chi connectivity index (χ4v) is 2.94. The van der Waals surface area contributed by atoms with Gasteiger partial charge in [-0.25, -0.2) is 9.37 Å². The molecule has 7 nitrogen and oxygen atoms in total. The number of nitrogens with zero attached hydrogens (tertiary/aromatic N) is 3. The third kappa shape index (κ3) is 2.80. The molecule has 0 spiro atoms. The highest BCUT2D eigenvalue weighted by atomic mass is 19.1. The van der Waals surface area contributed by atoms with Crippen LogP contribution in [0.2, 0.25) is 0 Å². The average Bonchev–Trinajstić information content (AvgIpc) is 3.14. The second-order valence-electron chi connectivity index (χ2n) is 5.92. The van der Waals surface area contributed by atoms with E-state index in [1.165, 1.54) is 18.5 Å². The lowest BCUT2D eigenvalue weighted by atomic mass is 10.1. The minimum absolute atomic E-state index is 0.322. The van der Waals surface area contributed by atoms with Gasteiger partial charge in [0.25, 0.3) is 5.71 Å². The van der Waals surface area contributed by atoms with Gasteiger partial charge in [-0.15, -0.1) is 0 Å². The minimum atomic E-state index is -0.322. The minimum Gasteiger partial charge on any atom is -0.486 e. The van der Waals surface area contributed by atoms with E-state index in [0.29, 0.717) is 52.9 Å². The molecule has 2 aromatic carbocycles. The molecule has 0 amide bonds. The summed E-state index contributed by atoms with van der Waals surface area (Å²) < 4.78 is 29.7. The Morgan fingerprint density at radius 1 is 0.926 bits per heavy atom. The van der Waals surface area contributed by atoms with Crippen molar-refractivity contribution in [1.29, 1.82) is 0 Å². The normalized spacial score (nSPS) is 12.9. The fourth-order valence-electron chi connectivity index (χ4n) is 2.94. The second-order valence-corrected chi connectivity index (χ2v) is 5.92. The Balaban J connectivity index is 1.57. The van der Waals surface area contributed by atoms with Crippen molar-refractivity contribution in [2.45, 2.75) is 0 Å². The third-order valence-corrected chi connectivity index (χ3v) is 4.20. The van der Waals surface area contributed by atoms with Gasteiger partial charge in [-0.2, -0.15) is 4.98 Å². The van der Waals surface area contributed by atoms with Gasteiger partial charge in [-0.05, 0) is 36.4 Å². The highest BCUT2D eigenvalue weighted by Gasteiger charge is 2.18. The molecule has 0 radical (unpaired) electrons. The number of nitrogens with one attached hydrogen (secondary N) is 1. The molecule has 0 bridgehead atoms. The first-order valence-corrected chi connectivity index (χ1v) is 8.31. The summed E-state index contributed by atoms with van der Waals surface area (Å²) in [7, 11) is 0. The lowest BCUT2D eigenvalue weighted by molar-refractivity contribution is 0.171. The summed E-state index contributed by atoms with van der Waals surface area (Å²) in [6.07, 6.45) is 1.39. The van der Waals surface area contributed by atoms with Gasteiger partial charge in [0.2, 0.25) is 0 Å². The molecule has 0 aliphatic carbocycles. The number of aromatic nitrogens is 3. The van der Waals surface area contributed by atoms with Crippen LogP contribution in [0.5, 0.6) is 11.5 Å². The van der Waals surface area contributed by atoms with Gasteiger partial charge < -0.3 is 19.3 Å². The maximum Gasteiger partial charge on any atom is 0.263 e. The zero-order valence-corrected chi connectivity index (χ0v) is 14.0. The molecular formula is C19H13FN4O3. The van der Waals surface area contributed by atoms with E-state index in [4.69, 9.17) is 14.0 Å². The van der Waals surface area contributed by atoms with Gasteiger partial charge >= 0.3 is 0 Å². The molecule has 4 aromatic rings. The number of rotatable bonds is 3. The van der Waals surface area contributed by atoms with Crippen molar-refractivity contribution < 1.29 is 18.4 Å². The van der Waals surface area contributed by atoms with Crippen molar-refractivity contribution in [2.75, 3.05) is 18.5 Å². The molecule has 0 saturated heterocycles. The first-order chi connectivity index (χ1) is 13.3. The first kappa shape index (κ1) is 15.6. The molecule has 0 saturated carbocycles. The zero-order valence-electron chi connectivity index (χ0n) is 14.0. The van der Waals surface area contributed by atoms with E-state index in [-0.39, 0.29) is 5.82 Å². The lowest BCUT2D eigenvalue weighted by Gasteiger charge is -2.19. The Morgan fingerprint density at radius 3 is 2.59 bits per heavy atom. The standard InChI is InChI=1S/C19H13FN4O3/c20-12-3-1-11(2-4-12)17-16-18(21-10-22-19(16)27-24-17)23-13-5-6-14-15(9-13)26-8-7-25-14/h1-6,9-10H,7-8H2,(H,21,22,23). The molecule has 1 aliphatic rings. The Bertz CT molecular complexity index is 1130. The molecular weight excluding hydrogens is 351 g/mol. The Hall–Kier alpha value is -3.68. The van der Waals surface area contributed by atoms with Crippen LogP contribution in [0.25, 0.3) is 22.4 Å². The van der Waals surface area contributed by atoms with Gasteiger partial charge in [0, 0.05) is 17.3 Å². The molecule has 2 aromatic heterocycles. The molecule has 5 rings (SSSR count). The van der Waals surface area contributed by atoms with E-state index < -0.39 is 0 Å². The number of ether oxygens (including phenoxy) is 2. The number of hydrogen-bond donors (Lipinski definition) is 1. The highest BCUT2D eigenvalue weighted by Crippen LogP contribution is 2.36. The van der Waals surface area contributed by atoms with Crippen molar-refractivity contribution in [3.8, 4) is 22.8 Å². The molecule has 27 heavy (non-hydrogen) atoms. The Morgan fingerprint density at radius 2 is 1.74 bits per heavy atom. The van der Waals surface area contributed by atoms with Crippen LogP contribution >= 0.6 is 0 Å². The highest BCUT2D eigenvalue weighted by molar-refractivity contribution is 5.98. The fraction of sp³-hybridized carbons (Fsp3) is 0.105. The molecule has 3 heterocycles. The summed E-state index contributed by atoms with van der Waals surface area (Å²) in [4.78, 5) is 8.44. The summed E-state index contributed by atoms with van der Waals surface area (Å²) in [5, 5.41) is 7.94. The van der Waals surface area contributed by atoms with Gasteiger partial charge in [0.1, 0.15) is 42.3 Å². The molecule has 134 valence electrons. The molecule has 0 fully saturated rings. The summed E-state index contributed by atoms with van der Waals surface area (Å²) >= 11 is 0. The number of fused-ring (bicyclic) bond motifs is 2. The molecule has 0 unspecified atom stereocenters. The summed E-state index contributed by atoms with van der Waals surface area (Å²) in [5.41, 5.74) is 2.34.